The Balaban J connectivity index is 1.86. The van der Waals surface area contributed by atoms with E-state index in [4.69, 9.17) is 0 Å². The third-order valence-corrected chi connectivity index (χ3v) is 4.02. The first kappa shape index (κ1) is 19.5. The molecule has 0 radical (unpaired) electrons. The van der Waals surface area contributed by atoms with Gasteiger partial charge in [-0.2, -0.15) is 0 Å². The van der Waals surface area contributed by atoms with E-state index in [0.29, 0.717) is 23.5 Å². The zero-order chi connectivity index (χ0) is 18.8. The number of likely N-dealkylation sites (N-methyl/N-ethyl adjacent to an activating group) is 1. The van der Waals surface area contributed by atoms with Crippen LogP contribution in [0.15, 0.2) is 54.6 Å². The summed E-state index contributed by atoms with van der Waals surface area (Å²) in [6.45, 7) is 7.51. The average molecular weight is 354 g/mol. The summed E-state index contributed by atoms with van der Waals surface area (Å²) in [4.78, 5) is 26.4. The van der Waals surface area contributed by atoms with Crippen LogP contribution in [0.4, 0.5) is 16.2 Å². The van der Waals surface area contributed by atoms with E-state index in [-0.39, 0.29) is 11.9 Å². The zero-order valence-electron chi connectivity index (χ0n) is 15.3. The molecule has 0 heterocycles. The molecule has 26 heavy (non-hydrogen) atoms. The normalized spacial score (nSPS) is 10.4. The van der Waals surface area contributed by atoms with E-state index in [1.54, 1.807) is 36.4 Å². The lowest BCUT2D eigenvalue weighted by atomic mass is 10.2. The lowest BCUT2D eigenvalue weighted by Gasteiger charge is -2.18. The Bertz CT molecular complexity index is 715. The van der Waals surface area contributed by atoms with Gasteiger partial charge in [-0.1, -0.05) is 38.1 Å². The number of nitrogens with zero attached hydrogens (tertiary/aromatic N) is 1. The highest BCUT2D eigenvalue weighted by atomic mass is 16.2. The second-order valence-corrected chi connectivity index (χ2v) is 5.81. The number of hydrogen-bond acceptors (Lipinski definition) is 3. The number of hydrogen-bond donors (Lipinski definition) is 3. The summed E-state index contributed by atoms with van der Waals surface area (Å²) in [7, 11) is 0. The molecule has 0 atom stereocenters. The minimum Gasteiger partial charge on any atom is -0.337 e. The van der Waals surface area contributed by atoms with Crippen LogP contribution in [0.5, 0.6) is 0 Å². The average Bonchev–Trinajstić information content (AvgIpc) is 2.66. The molecule has 138 valence electrons. The summed E-state index contributed by atoms with van der Waals surface area (Å²) in [5.41, 5.74) is 1.83. The van der Waals surface area contributed by atoms with E-state index in [1.165, 1.54) is 0 Å². The number of urea groups is 1. The van der Waals surface area contributed by atoms with Crippen molar-refractivity contribution in [2.75, 3.05) is 36.8 Å². The smallest absolute Gasteiger partial charge is 0.319 e. The van der Waals surface area contributed by atoms with E-state index in [2.05, 4.69) is 34.7 Å². The second-order valence-electron chi connectivity index (χ2n) is 5.81. The maximum absolute atomic E-state index is 12.2. The van der Waals surface area contributed by atoms with Crippen molar-refractivity contribution < 1.29 is 9.59 Å². The largest absolute Gasteiger partial charge is 0.337 e. The van der Waals surface area contributed by atoms with Gasteiger partial charge in [-0.05, 0) is 43.4 Å². The minimum absolute atomic E-state index is 0.188. The van der Waals surface area contributed by atoms with E-state index in [0.717, 1.165) is 19.6 Å². The summed E-state index contributed by atoms with van der Waals surface area (Å²) in [6.07, 6.45) is 0. The van der Waals surface area contributed by atoms with Crippen molar-refractivity contribution in [1.29, 1.82) is 0 Å². The first-order valence-corrected chi connectivity index (χ1v) is 8.86. The van der Waals surface area contributed by atoms with Gasteiger partial charge in [0, 0.05) is 30.0 Å². The molecule has 0 aromatic heterocycles. The number of anilines is 2. The Hall–Kier alpha value is -2.86. The maximum Gasteiger partial charge on any atom is 0.319 e. The van der Waals surface area contributed by atoms with Crippen LogP contribution in [0.2, 0.25) is 0 Å². The summed E-state index contributed by atoms with van der Waals surface area (Å²) < 4.78 is 0. The van der Waals surface area contributed by atoms with E-state index < -0.39 is 0 Å². The molecule has 0 aliphatic carbocycles. The Morgan fingerprint density at radius 3 is 2.19 bits per heavy atom. The molecule has 0 bridgehead atoms. The van der Waals surface area contributed by atoms with Crippen LogP contribution < -0.4 is 16.0 Å². The molecule has 2 aromatic rings. The number of amides is 3. The highest BCUT2D eigenvalue weighted by Crippen LogP contribution is 2.16. The van der Waals surface area contributed by atoms with Crippen molar-refractivity contribution in [1.82, 2.24) is 10.2 Å². The quantitative estimate of drug-likeness (QED) is 0.680. The van der Waals surface area contributed by atoms with Crippen LogP contribution in [-0.2, 0) is 0 Å². The molecule has 0 aliphatic rings. The Morgan fingerprint density at radius 2 is 1.54 bits per heavy atom. The summed E-state index contributed by atoms with van der Waals surface area (Å²) >= 11 is 0. The standard InChI is InChI=1S/C20H26N4O2/c1-3-24(4-2)14-13-21-20(26)23-18-12-8-11-17(15-18)22-19(25)16-9-6-5-7-10-16/h5-12,15H,3-4,13-14H2,1-2H3,(H,22,25)(H2,21,23,26). The van der Waals surface area contributed by atoms with Gasteiger partial charge in [-0.15, -0.1) is 0 Å². The van der Waals surface area contributed by atoms with Crippen molar-refractivity contribution in [3.8, 4) is 0 Å². The van der Waals surface area contributed by atoms with Gasteiger partial charge < -0.3 is 20.9 Å². The van der Waals surface area contributed by atoms with Crippen LogP contribution in [0.3, 0.4) is 0 Å². The molecular weight excluding hydrogens is 328 g/mol. The number of carbonyl (C=O) groups excluding carboxylic acids is 2. The molecule has 0 saturated heterocycles. The van der Waals surface area contributed by atoms with E-state index in [9.17, 15) is 9.59 Å². The van der Waals surface area contributed by atoms with Gasteiger partial charge >= 0.3 is 6.03 Å². The third-order valence-electron chi connectivity index (χ3n) is 4.02. The van der Waals surface area contributed by atoms with Crippen LogP contribution in [-0.4, -0.2) is 43.0 Å². The van der Waals surface area contributed by atoms with Gasteiger partial charge in [0.1, 0.15) is 0 Å². The summed E-state index contributed by atoms with van der Waals surface area (Å²) in [5.74, 6) is -0.188. The van der Waals surface area contributed by atoms with Crippen LogP contribution in [0, 0.1) is 0 Å². The van der Waals surface area contributed by atoms with Gasteiger partial charge in [0.25, 0.3) is 5.91 Å². The molecule has 6 nitrogen and oxygen atoms in total. The topological polar surface area (TPSA) is 73.5 Å². The van der Waals surface area contributed by atoms with Gasteiger partial charge in [-0.25, -0.2) is 4.79 Å². The van der Waals surface area contributed by atoms with Crippen LogP contribution in [0.1, 0.15) is 24.2 Å². The fraction of sp³-hybridized carbons (Fsp3) is 0.300. The molecular formula is C20H26N4O2. The predicted molar refractivity (Wildman–Crippen MR) is 106 cm³/mol. The molecule has 0 unspecified atom stereocenters. The molecule has 0 saturated carbocycles. The minimum atomic E-state index is -0.260. The van der Waals surface area contributed by atoms with Gasteiger partial charge in [0.05, 0.1) is 0 Å². The van der Waals surface area contributed by atoms with Crippen molar-refractivity contribution >= 4 is 23.3 Å². The number of benzene rings is 2. The molecule has 3 amide bonds. The fourth-order valence-electron chi connectivity index (χ4n) is 2.51. The Morgan fingerprint density at radius 1 is 0.885 bits per heavy atom. The molecule has 2 rings (SSSR count). The van der Waals surface area contributed by atoms with Crippen molar-refractivity contribution in [2.45, 2.75) is 13.8 Å². The highest BCUT2D eigenvalue weighted by molar-refractivity contribution is 6.04. The van der Waals surface area contributed by atoms with Gasteiger partial charge in [0.15, 0.2) is 0 Å². The SMILES string of the molecule is CCN(CC)CCNC(=O)Nc1cccc(NC(=O)c2ccccc2)c1. The lowest BCUT2D eigenvalue weighted by molar-refractivity contribution is 0.102. The van der Waals surface area contributed by atoms with Crippen molar-refractivity contribution in [3.05, 3.63) is 60.2 Å². The number of rotatable bonds is 8. The Kier molecular flexibility index (Phi) is 7.64. The maximum atomic E-state index is 12.2. The third kappa shape index (κ3) is 6.22. The molecule has 2 aromatic carbocycles. The molecule has 0 aliphatic heterocycles. The number of carbonyl (C=O) groups is 2. The monoisotopic (exact) mass is 354 g/mol. The Labute approximate surface area is 154 Å². The number of nitrogens with one attached hydrogen (secondary N) is 3. The first-order chi connectivity index (χ1) is 12.6. The summed E-state index contributed by atoms with van der Waals surface area (Å²) in [5, 5.41) is 8.45. The van der Waals surface area contributed by atoms with Crippen LogP contribution >= 0.6 is 0 Å². The van der Waals surface area contributed by atoms with Crippen molar-refractivity contribution in [2.24, 2.45) is 0 Å². The van der Waals surface area contributed by atoms with Crippen LogP contribution in [0.25, 0.3) is 0 Å². The van der Waals surface area contributed by atoms with Gasteiger partial charge in [-0.3, -0.25) is 4.79 Å². The zero-order valence-corrected chi connectivity index (χ0v) is 15.3. The van der Waals surface area contributed by atoms with Crippen molar-refractivity contribution in [3.63, 3.8) is 0 Å². The van der Waals surface area contributed by atoms with Gasteiger partial charge in [0.2, 0.25) is 0 Å². The fourth-order valence-corrected chi connectivity index (χ4v) is 2.51. The molecule has 6 heteroatoms. The lowest BCUT2D eigenvalue weighted by Crippen LogP contribution is -2.36. The molecule has 0 fully saturated rings. The first-order valence-electron chi connectivity index (χ1n) is 8.86. The summed E-state index contributed by atoms with van der Waals surface area (Å²) in [6, 6.07) is 15.8. The molecule has 3 N–H and O–H groups in total. The molecule has 0 spiro atoms. The van der Waals surface area contributed by atoms with E-state index in [1.807, 2.05) is 18.2 Å². The predicted octanol–water partition coefficient (Wildman–Crippen LogP) is 3.40. The van der Waals surface area contributed by atoms with E-state index >= 15 is 0 Å². The highest BCUT2D eigenvalue weighted by Gasteiger charge is 2.07. The second kappa shape index (κ2) is 10.2.